The van der Waals surface area contributed by atoms with Gasteiger partial charge in [-0.1, -0.05) is 41.6 Å². The third kappa shape index (κ3) is 4.30. The van der Waals surface area contributed by atoms with Crippen molar-refractivity contribution in [3.05, 3.63) is 57.6 Å². The number of nitriles is 1. The van der Waals surface area contributed by atoms with E-state index in [1.54, 1.807) is 6.92 Å². The van der Waals surface area contributed by atoms with Crippen LogP contribution in [0, 0.1) is 11.3 Å². The predicted octanol–water partition coefficient (Wildman–Crippen LogP) is 5.34. The van der Waals surface area contributed by atoms with Crippen molar-refractivity contribution in [1.82, 2.24) is 9.97 Å². The van der Waals surface area contributed by atoms with Crippen LogP contribution in [0.25, 0.3) is 11.3 Å². The maximum absolute atomic E-state index is 12.7. The molecule has 1 aliphatic carbocycles. The summed E-state index contributed by atoms with van der Waals surface area (Å²) < 4.78 is 0. The predicted molar refractivity (Wildman–Crippen MR) is 117 cm³/mol. The number of hydrogen-bond donors (Lipinski definition) is 1. The molecule has 8 heteroatoms. The smallest absolute Gasteiger partial charge is 0.239 e. The molecule has 5 nitrogen and oxygen atoms in total. The molecule has 0 aliphatic heterocycles. The molecule has 1 N–H and O–H groups in total. The molecule has 2 heterocycles. The van der Waals surface area contributed by atoms with Crippen molar-refractivity contribution >= 4 is 45.7 Å². The first-order valence-corrected chi connectivity index (χ1v) is 11.3. The number of anilines is 1. The quantitative estimate of drug-likeness (QED) is 0.542. The number of nitrogens with one attached hydrogen (secondary N) is 1. The summed E-state index contributed by atoms with van der Waals surface area (Å²) in [6.45, 7) is 1.80. The molecular weight excluding hydrogens is 424 g/mol. The Morgan fingerprint density at radius 1 is 1.34 bits per heavy atom. The second-order valence-corrected chi connectivity index (χ2v) is 9.27. The van der Waals surface area contributed by atoms with Gasteiger partial charge in [-0.25, -0.2) is 9.97 Å². The van der Waals surface area contributed by atoms with E-state index in [4.69, 9.17) is 11.6 Å². The number of thiazole rings is 1. The minimum atomic E-state index is -0.415. The number of thioether (sulfide) groups is 1. The van der Waals surface area contributed by atoms with Gasteiger partial charge in [0, 0.05) is 21.7 Å². The molecule has 1 amide bonds. The summed E-state index contributed by atoms with van der Waals surface area (Å²) >= 11 is 8.88. The lowest BCUT2D eigenvalue weighted by Gasteiger charge is -2.12. The summed E-state index contributed by atoms with van der Waals surface area (Å²) in [6, 6.07) is 11.6. The molecule has 0 saturated heterocycles. The van der Waals surface area contributed by atoms with Gasteiger partial charge in [0.1, 0.15) is 11.1 Å². The number of fused-ring (bicyclic) bond motifs is 1. The van der Waals surface area contributed by atoms with Crippen LogP contribution >= 0.6 is 34.7 Å². The van der Waals surface area contributed by atoms with E-state index in [1.807, 2.05) is 35.7 Å². The average Bonchev–Trinajstić information content (AvgIpc) is 3.36. The van der Waals surface area contributed by atoms with Gasteiger partial charge < -0.3 is 5.32 Å². The average molecular weight is 441 g/mol. The van der Waals surface area contributed by atoms with E-state index in [-0.39, 0.29) is 5.91 Å². The SMILES string of the molecule is CC(Sc1nc2c(cc1C#N)CCC2)C(=O)Nc1nc(-c2ccccc2Cl)cs1. The number of halogens is 1. The van der Waals surface area contributed by atoms with Crippen LogP contribution in [0.1, 0.15) is 30.2 Å². The van der Waals surface area contributed by atoms with Gasteiger partial charge in [0.15, 0.2) is 5.13 Å². The highest BCUT2D eigenvalue weighted by Crippen LogP contribution is 2.32. The van der Waals surface area contributed by atoms with E-state index in [2.05, 4.69) is 21.4 Å². The molecule has 0 fully saturated rings. The van der Waals surface area contributed by atoms with E-state index in [0.717, 1.165) is 41.8 Å². The fraction of sp³-hybridized carbons (Fsp3) is 0.238. The zero-order valence-electron chi connectivity index (χ0n) is 15.6. The van der Waals surface area contributed by atoms with Crippen LogP contribution in [0.3, 0.4) is 0 Å². The molecule has 0 spiro atoms. The molecule has 29 heavy (non-hydrogen) atoms. The van der Waals surface area contributed by atoms with Crippen LogP contribution in [0.5, 0.6) is 0 Å². The molecule has 0 saturated carbocycles. The molecule has 0 bridgehead atoms. The first-order valence-electron chi connectivity index (χ1n) is 9.16. The van der Waals surface area contributed by atoms with Crippen molar-refractivity contribution in [3.63, 3.8) is 0 Å². The number of benzene rings is 1. The van der Waals surface area contributed by atoms with E-state index in [9.17, 15) is 10.1 Å². The zero-order chi connectivity index (χ0) is 20.4. The van der Waals surface area contributed by atoms with Crippen LogP contribution in [0.15, 0.2) is 40.7 Å². The molecule has 3 aromatic rings. The van der Waals surface area contributed by atoms with Crippen molar-refractivity contribution in [2.75, 3.05) is 5.32 Å². The number of amides is 1. The summed E-state index contributed by atoms with van der Waals surface area (Å²) in [7, 11) is 0. The lowest BCUT2D eigenvalue weighted by Crippen LogP contribution is -2.22. The molecular formula is C21H17ClN4OS2. The number of rotatable bonds is 5. The topological polar surface area (TPSA) is 78.7 Å². The Morgan fingerprint density at radius 3 is 2.97 bits per heavy atom. The van der Waals surface area contributed by atoms with E-state index < -0.39 is 5.25 Å². The molecule has 1 unspecified atom stereocenters. The van der Waals surface area contributed by atoms with Gasteiger partial charge >= 0.3 is 0 Å². The monoisotopic (exact) mass is 440 g/mol. The molecule has 1 aromatic carbocycles. The maximum atomic E-state index is 12.7. The lowest BCUT2D eigenvalue weighted by molar-refractivity contribution is -0.115. The highest BCUT2D eigenvalue weighted by Gasteiger charge is 2.22. The summed E-state index contributed by atoms with van der Waals surface area (Å²) in [4.78, 5) is 21.8. The Bertz CT molecular complexity index is 1120. The minimum absolute atomic E-state index is 0.179. The van der Waals surface area contributed by atoms with Crippen molar-refractivity contribution in [2.24, 2.45) is 0 Å². The van der Waals surface area contributed by atoms with Gasteiger partial charge in [0.05, 0.1) is 16.5 Å². The van der Waals surface area contributed by atoms with Crippen LogP contribution in [0.2, 0.25) is 5.02 Å². The second-order valence-electron chi connectivity index (χ2n) is 6.68. The normalized spacial score (nSPS) is 13.6. The fourth-order valence-corrected chi connectivity index (χ4v) is 5.02. The highest BCUT2D eigenvalue weighted by molar-refractivity contribution is 8.00. The molecule has 1 aliphatic rings. The van der Waals surface area contributed by atoms with Gasteiger partial charge in [0.2, 0.25) is 5.91 Å². The fourth-order valence-electron chi connectivity index (χ4n) is 3.17. The van der Waals surface area contributed by atoms with Crippen LogP contribution in [0.4, 0.5) is 5.13 Å². The number of carbonyl (C=O) groups excluding carboxylic acids is 1. The van der Waals surface area contributed by atoms with Crippen molar-refractivity contribution < 1.29 is 4.79 Å². The van der Waals surface area contributed by atoms with Crippen molar-refractivity contribution in [3.8, 4) is 17.3 Å². The number of pyridine rings is 1. The first-order chi connectivity index (χ1) is 14.0. The van der Waals surface area contributed by atoms with Crippen molar-refractivity contribution in [1.29, 1.82) is 5.26 Å². The summed E-state index contributed by atoms with van der Waals surface area (Å²) in [5, 5.41) is 15.5. The summed E-state index contributed by atoms with van der Waals surface area (Å²) in [6.07, 6.45) is 2.96. The molecule has 1 atom stereocenters. The Balaban J connectivity index is 1.46. The number of nitrogens with zero attached hydrogens (tertiary/aromatic N) is 3. The second kappa shape index (κ2) is 8.54. The van der Waals surface area contributed by atoms with Gasteiger partial charge in [-0.3, -0.25) is 4.79 Å². The lowest BCUT2D eigenvalue weighted by atomic mass is 10.2. The Hall–Kier alpha value is -2.40. The van der Waals surface area contributed by atoms with Gasteiger partial charge in [0.25, 0.3) is 0 Å². The first kappa shape index (κ1) is 19.9. The minimum Gasteiger partial charge on any atom is -0.301 e. The zero-order valence-corrected chi connectivity index (χ0v) is 18.0. The third-order valence-corrected chi connectivity index (χ3v) is 6.87. The Kier molecular flexibility index (Phi) is 5.86. The maximum Gasteiger partial charge on any atom is 0.239 e. The third-order valence-electron chi connectivity index (χ3n) is 4.68. The van der Waals surface area contributed by atoms with Crippen molar-refractivity contribution in [2.45, 2.75) is 36.5 Å². The van der Waals surface area contributed by atoms with Crippen LogP contribution in [-0.2, 0) is 17.6 Å². The number of hydrogen-bond acceptors (Lipinski definition) is 6. The van der Waals surface area contributed by atoms with Crippen LogP contribution in [-0.4, -0.2) is 21.1 Å². The standard InChI is InChI=1S/C21H17ClN4OS2/c1-12(29-20-14(10-23)9-13-5-4-8-17(13)24-20)19(27)26-21-25-18(11-28-21)15-6-2-3-7-16(15)22/h2-3,6-7,9,11-12H,4-5,8H2,1H3,(H,25,26,27). The van der Waals surface area contributed by atoms with E-state index in [0.29, 0.717) is 20.7 Å². The molecule has 4 rings (SSSR count). The molecule has 2 aromatic heterocycles. The summed E-state index contributed by atoms with van der Waals surface area (Å²) in [5.41, 5.74) is 4.28. The van der Waals surface area contributed by atoms with E-state index in [1.165, 1.54) is 23.1 Å². The number of aryl methyl sites for hydroxylation is 2. The van der Waals surface area contributed by atoms with Gasteiger partial charge in [-0.15, -0.1) is 11.3 Å². The van der Waals surface area contributed by atoms with E-state index >= 15 is 0 Å². The van der Waals surface area contributed by atoms with Crippen LogP contribution < -0.4 is 5.32 Å². The molecule has 0 radical (unpaired) electrons. The largest absolute Gasteiger partial charge is 0.301 e. The number of aromatic nitrogens is 2. The number of carbonyl (C=O) groups is 1. The summed E-state index contributed by atoms with van der Waals surface area (Å²) in [5.74, 6) is -0.179. The highest BCUT2D eigenvalue weighted by atomic mass is 35.5. The Morgan fingerprint density at radius 2 is 2.17 bits per heavy atom. The van der Waals surface area contributed by atoms with Gasteiger partial charge in [-0.2, -0.15) is 5.26 Å². The van der Waals surface area contributed by atoms with Gasteiger partial charge in [-0.05, 0) is 43.9 Å². The Labute approximate surface area is 182 Å². The molecule has 146 valence electrons.